The molecule has 1 aromatic carbocycles. The second-order valence-electron chi connectivity index (χ2n) is 4.64. The van der Waals surface area contributed by atoms with Gasteiger partial charge in [-0.15, -0.1) is 11.8 Å². The Morgan fingerprint density at radius 1 is 1.42 bits per heavy atom. The highest BCUT2D eigenvalue weighted by Gasteiger charge is 2.05. The highest BCUT2D eigenvalue weighted by atomic mass is 32.2. The van der Waals surface area contributed by atoms with E-state index in [0.717, 1.165) is 12.3 Å². The Labute approximate surface area is 119 Å². The number of aryl methyl sites for hydroxylation is 1. The lowest BCUT2D eigenvalue weighted by atomic mass is 10.1. The van der Waals surface area contributed by atoms with Gasteiger partial charge >= 0.3 is 0 Å². The second-order valence-corrected chi connectivity index (χ2v) is 5.69. The third kappa shape index (κ3) is 3.85. The predicted molar refractivity (Wildman–Crippen MR) is 81.3 cm³/mol. The van der Waals surface area contributed by atoms with Gasteiger partial charge in [-0.3, -0.25) is 0 Å². The minimum Gasteiger partial charge on any atom is -0.337 e. The standard InChI is InChI=1S/C15H21N3S/c1-4-17-12(2)13-6-5-7-15(8-13)19-10-14-9-16-11-18(14)3/h5-9,11-12,17H,4,10H2,1-3H3. The Balaban J connectivity index is 2.01. The molecule has 2 rings (SSSR count). The van der Waals surface area contributed by atoms with E-state index in [0.29, 0.717) is 6.04 Å². The molecule has 0 aliphatic heterocycles. The summed E-state index contributed by atoms with van der Waals surface area (Å²) in [6, 6.07) is 9.16. The number of nitrogens with one attached hydrogen (secondary N) is 1. The molecule has 1 N–H and O–H groups in total. The van der Waals surface area contributed by atoms with Crippen LogP contribution in [-0.2, 0) is 12.8 Å². The molecule has 1 aromatic heterocycles. The quantitative estimate of drug-likeness (QED) is 0.820. The smallest absolute Gasteiger partial charge is 0.0945 e. The van der Waals surface area contributed by atoms with Gasteiger partial charge in [-0.2, -0.15) is 0 Å². The van der Waals surface area contributed by atoms with Crippen molar-refractivity contribution in [1.29, 1.82) is 0 Å². The summed E-state index contributed by atoms with van der Waals surface area (Å²) in [4.78, 5) is 5.45. The monoisotopic (exact) mass is 275 g/mol. The van der Waals surface area contributed by atoms with Gasteiger partial charge in [-0.1, -0.05) is 19.1 Å². The molecule has 102 valence electrons. The van der Waals surface area contributed by atoms with Gasteiger partial charge in [-0.05, 0) is 31.2 Å². The van der Waals surface area contributed by atoms with Crippen LogP contribution in [0.5, 0.6) is 0 Å². The van der Waals surface area contributed by atoms with Gasteiger partial charge in [0.15, 0.2) is 0 Å². The van der Waals surface area contributed by atoms with Crippen molar-refractivity contribution in [3.05, 3.63) is 48.0 Å². The Morgan fingerprint density at radius 3 is 2.95 bits per heavy atom. The zero-order chi connectivity index (χ0) is 13.7. The summed E-state index contributed by atoms with van der Waals surface area (Å²) >= 11 is 1.85. The van der Waals surface area contributed by atoms with E-state index in [1.165, 1.54) is 16.2 Å². The van der Waals surface area contributed by atoms with Crippen molar-refractivity contribution in [2.45, 2.75) is 30.5 Å². The molecule has 0 saturated carbocycles. The van der Waals surface area contributed by atoms with E-state index in [1.54, 1.807) is 0 Å². The van der Waals surface area contributed by atoms with Crippen LogP contribution in [0, 0.1) is 0 Å². The van der Waals surface area contributed by atoms with E-state index >= 15 is 0 Å². The highest BCUT2D eigenvalue weighted by molar-refractivity contribution is 7.98. The van der Waals surface area contributed by atoms with Crippen LogP contribution in [0.25, 0.3) is 0 Å². The molecule has 1 heterocycles. The van der Waals surface area contributed by atoms with Gasteiger partial charge in [0.1, 0.15) is 0 Å². The lowest BCUT2D eigenvalue weighted by Crippen LogP contribution is -2.17. The molecule has 0 saturated heterocycles. The molecular weight excluding hydrogens is 254 g/mol. The Kier molecular flexibility index (Phi) is 5.05. The molecule has 0 bridgehead atoms. The minimum atomic E-state index is 0.405. The van der Waals surface area contributed by atoms with Crippen molar-refractivity contribution >= 4 is 11.8 Å². The molecule has 0 fully saturated rings. The lowest BCUT2D eigenvalue weighted by molar-refractivity contribution is 0.597. The van der Waals surface area contributed by atoms with Crippen molar-refractivity contribution in [3.63, 3.8) is 0 Å². The van der Waals surface area contributed by atoms with E-state index in [4.69, 9.17) is 0 Å². The number of benzene rings is 1. The molecule has 2 aromatic rings. The summed E-state index contributed by atoms with van der Waals surface area (Å²) in [6.45, 7) is 5.33. The summed E-state index contributed by atoms with van der Waals surface area (Å²) in [7, 11) is 2.03. The topological polar surface area (TPSA) is 29.9 Å². The number of hydrogen-bond donors (Lipinski definition) is 1. The first-order valence-corrected chi connectivity index (χ1v) is 7.60. The first-order valence-electron chi connectivity index (χ1n) is 6.62. The van der Waals surface area contributed by atoms with Crippen LogP contribution in [-0.4, -0.2) is 16.1 Å². The van der Waals surface area contributed by atoms with Gasteiger partial charge < -0.3 is 9.88 Å². The predicted octanol–water partition coefficient (Wildman–Crippen LogP) is 3.38. The lowest BCUT2D eigenvalue weighted by Gasteiger charge is -2.13. The summed E-state index contributed by atoms with van der Waals surface area (Å²) < 4.78 is 2.07. The van der Waals surface area contributed by atoms with Gasteiger partial charge in [0.2, 0.25) is 0 Å². The van der Waals surface area contributed by atoms with Crippen molar-refractivity contribution in [3.8, 4) is 0 Å². The fraction of sp³-hybridized carbons (Fsp3) is 0.400. The summed E-state index contributed by atoms with van der Waals surface area (Å²) in [6.07, 6.45) is 3.78. The largest absolute Gasteiger partial charge is 0.337 e. The van der Waals surface area contributed by atoms with E-state index in [1.807, 2.05) is 31.3 Å². The molecule has 0 aliphatic carbocycles. The molecule has 0 amide bonds. The van der Waals surface area contributed by atoms with Crippen LogP contribution in [0.3, 0.4) is 0 Å². The number of rotatable bonds is 6. The van der Waals surface area contributed by atoms with Gasteiger partial charge in [0.25, 0.3) is 0 Å². The molecule has 1 atom stereocenters. The molecule has 1 unspecified atom stereocenters. The first-order chi connectivity index (χ1) is 9.20. The number of thioether (sulfide) groups is 1. The van der Waals surface area contributed by atoms with Crippen LogP contribution < -0.4 is 5.32 Å². The molecular formula is C15H21N3S. The van der Waals surface area contributed by atoms with Crippen LogP contribution >= 0.6 is 11.8 Å². The molecule has 4 heteroatoms. The molecule has 19 heavy (non-hydrogen) atoms. The van der Waals surface area contributed by atoms with E-state index < -0.39 is 0 Å². The van der Waals surface area contributed by atoms with Crippen molar-refractivity contribution in [1.82, 2.24) is 14.9 Å². The van der Waals surface area contributed by atoms with Gasteiger partial charge in [0, 0.05) is 35.6 Å². The maximum atomic E-state index is 4.14. The van der Waals surface area contributed by atoms with Gasteiger partial charge in [0.05, 0.1) is 6.33 Å². The average Bonchev–Trinajstić information content (AvgIpc) is 2.82. The van der Waals surface area contributed by atoms with E-state index in [2.05, 4.69) is 53.0 Å². The average molecular weight is 275 g/mol. The van der Waals surface area contributed by atoms with Crippen molar-refractivity contribution < 1.29 is 0 Å². The molecule has 0 spiro atoms. The van der Waals surface area contributed by atoms with E-state index in [9.17, 15) is 0 Å². The second kappa shape index (κ2) is 6.78. The number of nitrogens with zero attached hydrogens (tertiary/aromatic N) is 2. The fourth-order valence-corrected chi connectivity index (χ4v) is 2.97. The van der Waals surface area contributed by atoms with E-state index in [-0.39, 0.29) is 0 Å². The normalized spacial score (nSPS) is 12.6. The highest BCUT2D eigenvalue weighted by Crippen LogP contribution is 2.25. The maximum Gasteiger partial charge on any atom is 0.0945 e. The third-order valence-corrected chi connectivity index (χ3v) is 4.20. The molecule has 0 radical (unpaired) electrons. The fourth-order valence-electron chi connectivity index (χ4n) is 1.98. The Bertz CT molecular complexity index is 522. The van der Waals surface area contributed by atoms with Gasteiger partial charge in [-0.25, -0.2) is 4.98 Å². The van der Waals surface area contributed by atoms with Crippen molar-refractivity contribution in [2.24, 2.45) is 7.05 Å². The summed E-state index contributed by atoms with van der Waals surface area (Å²) in [5.41, 5.74) is 2.59. The molecule has 3 nitrogen and oxygen atoms in total. The maximum absolute atomic E-state index is 4.14. The number of hydrogen-bond acceptors (Lipinski definition) is 3. The number of imidazole rings is 1. The Hall–Kier alpha value is -1.26. The third-order valence-electron chi connectivity index (χ3n) is 3.17. The SMILES string of the molecule is CCNC(C)c1cccc(SCc2cncn2C)c1. The van der Waals surface area contributed by atoms with Crippen LogP contribution in [0.2, 0.25) is 0 Å². The summed E-state index contributed by atoms with van der Waals surface area (Å²) in [5.74, 6) is 0.954. The summed E-state index contributed by atoms with van der Waals surface area (Å²) in [5, 5.41) is 3.44. The molecule has 0 aliphatic rings. The minimum absolute atomic E-state index is 0.405. The van der Waals surface area contributed by atoms with Crippen LogP contribution in [0.4, 0.5) is 0 Å². The number of aromatic nitrogens is 2. The zero-order valence-electron chi connectivity index (χ0n) is 11.8. The van der Waals surface area contributed by atoms with Crippen molar-refractivity contribution in [2.75, 3.05) is 6.54 Å². The van der Waals surface area contributed by atoms with Crippen LogP contribution in [0.15, 0.2) is 41.7 Å². The Morgan fingerprint density at radius 2 is 2.26 bits per heavy atom. The zero-order valence-corrected chi connectivity index (χ0v) is 12.6. The van der Waals surface area contributed by atoms with Crippen LogP contribution in [0.1, 0.15) is 31.1 Å². The first kappa shape index (κ1) is 14.2.